The van der Waals surface area contributed by atoms with Crippen LogP contribution in [-0.2, 0) is 0 Å². The highest BCUT2D eigenvalue weighted by atomic mass is 16.6. The first kappa shape index (κ1) is 19.6. The fraction of sp³-hybridized carbons (Fsp3) is 0.273. The number of nitro groups is 1. The monoisotopic (exact) mass is 402 g/mol. The number of anilines is 1. The molecule has 0 spiro atoms. The fourth-order valence-corrected chi connectivity index (χ4v) is 3.66. The lowest BCUT2D eigenvalue weighted by Gasteiger charge is -2.33. The summed E-state index contributed by atoms with van der Waals surface area (Å²) in [6, 6.07) is 13.1. The van der Waals surface area contributed by atoms with Crippen molar-refractivity contribution in [2.24, 2.45) is 0 Å². The van der Waals surface area contributed by atoms with Crippen LogP contribution in [0.25, 0.3) is 22.7 Å². The number of aromatic amines is 1. The first-order valence-electron chi connectivity index (χ1n) is 9.75. The van der Waals surface area contributed by atoms with Crippen molar-refractivity contribution in [1.82, 2.24) is 14.9 Å². The van der Waals surface area contributed by atoms with E-state index in [0.29, 0.717) is 22.6 Å². The number of benzene rings is 2. The van der Waals surface area contributed by atoms with Gasteiger partial charge in [-0.3, -0.25) is 10.1 Å². The van der Waals surface area contributed by atoms with Crippen LogP contribution in [-0.4, -0.2) is 53.0 Å². The Kier molecular flexibility index (Phi) is 5.21. The zero-order valence-electron chi connectivity index (χ0n) is 16.9. The van der Waals surface area contributed by atoms with Gasteiger partial charge in [0.05, 0.1) is 21.5 Å². The maximum Gasteiger partial charge on any atom is 0.293 e. The van der Waals surface area contributed by atoms with Crippen LogP contribution in [0.15, 0.2) is 36.4 Å². The lowest BCUT2D eigenvalue weighted by atomic mass is 10.1. The number of nitro benzene ring substituents is 1. The summed E-state index contributed by atoms with van der Waals surface area (Å²) in [7, 11) is 2.04. The van der Waals surface area contributed by atoms with Crippen LogP contribution in [0.3, 0.4) is 0 Å². The number of likely N-dealkylation sites (N-methyl/N-ethyl adjacent to an activating group) is 1. The maximum absolute atomic E-state index is 11.7. The second kappa shape index (κ2) is 7.97. The number of nitriles is 1. The van der Waals surface area contributed by atoms with Crippen LogP contribution in [0.1, 0.15) is 17.0 Å². The second-order valence-electron chi connectivity index (χ2n) is 7.57. The first-order valence-corrected chi connectivity index (χ1v) is 9.75. The second-order valence-corrected chi connectivity index (χ2v) is 7.57. The number of fused-ring (bicyclic) bond motifs is 1. The molecule has 4 rings (SSSR count). The van der Waals surface area contributed by atoms with Gasteiger partial charge in [0.1, 0.15) is 17.6 Å². The molecule has 152 valence electrons. The molecule has 2 aromatic carbocycles. The van der Waals surface area contributed by atoms with Crippen LogP contribution in [0, 0.1) is 28.4 Å². The third kappa shape index (κ3) is 3.88. The molecule has 0 aliphatic carbocycles. The van der Waals surface area contributed by atoms with Gasteiger partial charge in [0.2, 0.25) is 0 Å². The molecule has 3 aromatic rings. The van der Waals surface area contributed by atoms with Crippen molar-refractivity contribution in [2.45, 2.75) is 6.92 Å². The molecule has 8 nitrogen and oxygen atoms in total. The Bertz CT molecular complexity index is 1180. The number of hydrogen-bond donors (Lipinski definition) is 1. The van der Waals surface area contributed by atoms with E-state index in [1.807, 2.05) is 43.1 Å². The van der Waals surface area contributed by atoms with Gasteiger partial charge in [-0.2, -0.15) is 5.26 Å². The number of H-pyrrole nitrogens is 1. The molecule has 1 aliphatic heterocycles. The highest BCUT2D eigenvalue weighted by Gasteiger charge is 2.23. The third-order valence-corrected chi connectivity index (χ3v) is 5.36. The maximum atomic E-state index is 11.7. The minimum absolute atomic E-state index is 0.0471. The smallest absolute Gasteiger partial charge is 0.293 e. The Morgan fingerprint density at radius 2 is 2.00 bits per heavy atom. The van der Waals surface area contributed by atoms with Crippen LogP contribution >= 0.6 is 0 Å². The van der Waals surface area contributed by atoms with Gasteiger partial charge in [0.25, 0.3) is 5.69 Å². The molecule has 1 saturated heterocycles. The standard InChI is InChI=1S/C22H22N6O2/c1-15-3-5-18-19(11-15)25-22(24-18)17(14-23)12-16-4-6-20(21(13-16)28(29)30)27-9-7-26(2)8-10-27/h3-6,11-13H,7-10H2,1-2H3,(H,24,25). The number of rotatable bonds is 4. The molecule has 30 heavy (non-hydrogen) atoms. The predicted molar refractivity (Wildman–Crippen MR) is 117 cm³/mol. The van der Waals surface area contributed by atoms with E-state index in [0.717, 1.165) is 42.8 Å². The number of nitrogens with one attached hydrogen (secondary N) is 1. The average Bonchev–Trinajstić information content (AvgIpc) is 3.15. The molecular weight excluding hydrogens is 380 g/mol. The van der Waals surface area contributed by atoms with E-state index in [9.17, 15) is 15.4 Å². The van der Waals surface area contributed by atoms with Crippen molar-refractivity contribution in [3.63, 3.8) is 0 Å². The van der Waals surface area contributed by atoms with Crippen LogP contribution < -0.4 is 4.90 Å². The molecule has 0 bridgehead atoms. The zero-order chi connectivity index (χ0) is 21.3. The highest BCUT2D eigenvalue weighted by molar-refractivity contribution is 5.91. The molecule has 1 N–H and O–H groups in total. The zero-order valence-corrected chi connectivity index (χ0v) is 16.9. The van der Waals surface area contributed by atoms with Gasteiger partial charge in [-0.1, -0.05) is 12.1 Å². The summed E-state index contributed by atoms with van der Waals surface area (Å²) in [6.07, 6.45) is 1.63. The first-order chi connectivity index (χ1) is 14.4. The Morgan fingerprint density at radius 1 is 1.23 bits per heavy atom. The Hall–Kier alpha value is -3.70. The number of nitrogens with zero attached hydrogens (tertiary/aromatic N) is 5. The summed E-state index contributed by atoms with van der Waals surface area (Å²) in [4.78, 5) is 23.2. The predicted octanol–water partition coefficient (Wildman–Crippen LogP) is 3.60. The van der Waals surface area contributed by atoms with E-state index in [2.05, 4.69) is 20.9 Å². The fourth-order valence-electron chi connectivity index (χ4n) is 3.66. The average molecular weight is 402 g/mol. The molecule has 8 heteroatoms. The van der Waals surface area contributed by atoms with E-state index < -0.39 is 0 Å². The lowest BCUT2D eigenvalue weighted by Crippen LogP contribution is -2.44. The summed E-state index contributed by atoms with van der Waals surface area (Å²) >= 11 is 0. The molecule has 0 radical (unpaired) electrons. The molecule has 1 fully saturated rings. The van der Waals surface area contributed by atoms with Gasteiger partial charge in [-0.15, -0.1) is 0 Å². The summed E-state index contributed by atoms with van der Waals surface area (Å²) in [5.41, 5.74) is 4.29. The number of aromatic nitrogens is 2. The minimum Gasteiger partial charge on any atom is -0.363 e. The van der Waals surface area contributed by atoms with Gasteiger partial charge in [0.15, 0.2) is 0 Å². The molecular formula is C22H22N6O2. The normalized spacial score (nSPS) is 15.4. The molecule has 0 saturated carbocycles. The Labute approximate surface area is 174 Å². The lowest BCUT2D eigenvalue weighted by molar-refractivity contribution is -0.384. The number of aryl methyl sites for hydroxylation is 1. The number of hydrogen-bond acceptors (Lipinski definition) is 6. The van der Waals surface area contributed by atoms with Gasteiger partial charge in [0, 0.05) is 32.2 Å². The van der Waals surface area contributed by atoms with E-state index in [-0.39, 0.29) is 10.6 Å². The quantitative estimate of drug-likeness (QED) is 0.406. The molecule has 1 aromatic heterocycles. The van der Waals surface area contributed by atoms with E-state index in [1.54, 1.807) is 12.1 Å². The van der Waals surface area contributed by atoms with Crippen molar-refractivity contribution in [3.05, 3.63) is 63.5 Å². The summed E-state index contributed by atoms with van der Waals surface area (Å²) in [5, 5.41) is 21.4. The number of imidazole rings is 1. The van der Waals surface area contributed by atoms with Crippen molar-refractivity contribution in [3.8, 4) is 6.07 Å². The third-order valence-electron chi connectivity index (χ3n) is 5.36. The van der Waals surface area contributed by atoms with E-state index >= 15 is 0 Å². The van der Waals surface area contributed by atoms with Crippen molar-refractivity contribution in [1.29, 1.82) is 5.26 Å². The van der Waals surface area contributed by atoms with Gasteiger partial charge >= 0.3 is 0 Å². The summed E-state index contributed by atoms with van der Waals surface area (Å²) in [5.74, 6) is 0.448. The number of allylic oxidation sites excluding steroid dienone is 1. The topological polar surface area (TPSA) is 102 Å². The van der Waals surface area contributed by atoms with Gasteiger partial charge in [-0.25, -0.2) is 4.98 Å². The summed E-state index contributed by atoms with van der Waals surface area (Å²) in [6.45, 7) is 5.20. The largest absolute Gasteiger partial charge is 0.363 e. The van der Waals surface area contributed by atoms with Crippen molar-refractivity contribution in [2.75, 3.05) is 38.1 Å². The van der Waals surface area contributed by atoms with Crippen molar-refractivity contribution < 1.29 is 4.92 Å². The van der Waals surface area contributed by atoms with Crippen LogP contribution in [0.5, 0.6) is 0 Å². The highest BCUT2D eigenvalue weighted by Crippen LogP contribution is 2.31. The number of piperazine rings is 1. The van der Waals surface area contributed by atoms with Gasteiger partial charge < -0.3 is 14.8 Å². The van der Waals surface area contributed by atoms with Crippen LogP contribution in [0.4, 0.5) is 11.4 Å². The molecule has 0 amide bonds. The molecule has 2 heterocycles. The Morgan fingerprint density at radius 3 is 2.70 bits per heavy atom. The van der Waals surface area contributed by atoms with Crippen LogP contribution in [0.2, 0.25) is 0 Å². The molecule has 0 unspecified atom stereocenters. The van der Waals surface area contributed by atoms with Gasteiger partial charge in [-0.05, 0) is 49.4 Å². The Balaban J connectivity index is 1.69. The molecule has 1 aliphatic rings. The van der Waals surface area contributed by atoms with E-state index in [1.165, 1.54) is 6.07 Å². The van der Waals surface area contributed by atoms with E-state index in [4.69, 9.17) is 0 Å². The van der Waals surface area contributed by atoms with Crippen molar-refractivity contribution >= 4 is 34.1 Å². The molecule has 0 atom stereocenters. The minimum atomic E-state index is -0.360. The SMILES string of the molecule is Cc1ccc2nc(C(C#N)=Cc3ccc(N4CCN(C)CC4)c([N+](=O)[O-])c3)[nH]c2c1. The summed E-state index contributed by atoms with van der Waals surface area (Å²) < 4.78 is 0.